The minimum atomic E-state index is -1.96. The van der Waals surface area contributed by atoms with Crippen molar-refractivity contribution in [2.75, 3.05) is 13.7 Å². The summed E-state index contributed by atoms with van der Waals surface area (Å²) in [6, 6.07) is 21.7. The number of benzene rings is 3. The molecule has 4 aromatic rings. The molecule has 200 valence electrons. The number of methoxy groups -OCH3 is 1. The second-order valence-electron chi connectivity index (χ2n) is 8.73. The first-order valence-corrected chi connectivity index (χ1v) is 12.1. The lowest BCUT2D eigenvalue weighted by atomic mass is 9.95. The predicted octanol–water partition coefficient (Wildman–Crippen LogP) is 4.19. The molecule has 0 atom stereocenters. The molecular formula is C29H22N4O7. The number of nitrogens with one attached hydrogen (secondary N) is 2. The van der Waals surface area contributed by atoms with Crippen molar-refractivity contribution in [3.8, 4) is 46.1 Å². The number of urea groups is 1. The first kappa shape index (κ1) is 26.1. The van der Waals surface area contributed by atoms with E-state index in [0.717, 1.165) is 11.1 Å². The molecule has 0 unspecified atom stereocenters. The average molecular weight is 539 g/mol. The molecule has 1 aliphatic heterocycles. The summed E-state index contributed by atoms with van der Waals surface area (Å²) in [5.41, 5.74) is 0.164. The Balaban J connectivity index is 1.25. The standard InChI is InChI=1S/C29H22N4O7/c1-37-15-14-29(26(34)32-28(36)33-27(29)35)40-23-12-10-22(11-13-23)38-21-8-6-19(7-9-21)24-17-31-25(39-24)20-4-2-18(16-30)3-5-20/h2-13,17H,14-15H2,1H3,(H2,32,33,34,35,36). The first-order valence-electron chi connectivity index (χ1n) is 12.1. The van der Waals surface area contributed by atoms with Gasteiger partial charge in [-0.15, -0.1) is 0 Å². The topological polar surface area (TPSA) is 153 Å². The van der Waals surface area contributed by atoms with E-state index in [2.05, 4.69) is 21.7 Å². The van der Waals surface area contributed by atoms with Crippen molar-refractivity contribution in [1.82, 2.24) is 15.6 Å². The van der Waals surface area contributed by atoms with Crippen LogP contribution in [0.4, 0.5) is 4.79 Å². The van der Waals surface area contributed by atoms with Crippen LogP contribution in [-0.2, 0) is 14.3 Å². The van der Waals surface area contributed by atoms with Gasteiger partial charge >= 0.3 is 6.03 Å². The molecule has 2 heterocycles. The van der Waals surface area contributed by atoms with E-state index in [0.29, 0.717) is 28.7 Å². The molecule has 40 heavy (non-hydrogen) atoms. The smallest absolute Gasteiger partial charge is 0.328 e. The van der Waals surface area contributed by atoms with E-state index in [4.69, 9.17) is 23.9 Å². The number of rotatable bonds is 9. The van der Waals surface area contributed by atoms with Crippen LogP contribution in [0.2, 0.25) is 0 Å². The number of oxazole rings is 1. The van der Waals surface area contributed by atoms with E-state index in [-0.39, 0.29) is 18.8 Å². The van der Waals surface area contributed by atoms with Crippen LogP contribution < -0.4 is 20.1 Å². The van der Waals surface area contributed by atoms with Gasteiger partial charge < -0.3 is 18.6 Å². The quantitative estimate of drug-likeness (QED) is 0.299. The van der Waals surface area contributed by atoms with Crippen LogP contribution in [0.15, 0.2) is 83.4 Å². The first-order chi connectivity index (χ1) is 19.4. The number of aromatic nitrogens is 1. The molecule has 0 bridgehead atoms. The molecule has 0 aliphatic carbocycles. The van der Waals surface area contributed by atoms with Gasteiger partial charge in [0, 0.05) is 24.7 Å². The number of ether oxygens (including phenoxy) is 3. The predicted molar refractivity (Wildman–Crippen MR) is 140 cm³/mol. The lowest BCUT2D eigenvalue weighted by Gasteiger charge is -2.34. The summed E-state index contributed by atoms with van der Waals surface area (Å²) in [4.78, 5) is 41.0. The second-order valence-corrected chi connectivity index (χ2v) is 8.73. The van der Waals surface area contributed by atoms with Gasteiger partial charge in [0.1, 0.15) is 17.2 Å². The molecule has 0 saturated carbocycles. The molecule has 11 heteroatoms. The molecule has 1 aliphatic rings. The summed E-state index contributed by atoms with van der Waals surface area (Å²) >= 11 is 0. The Labute approximate surface area is 228 Å². The largest absolute Gasteiger partial charge is 0.467 e. The van der Waals surface area contributed by atoms with Gasteiger partial charge in [-0.25, -0.2) is 9.78 Å². The third-order valence-corrected chi connectivity index (χ3v) is 6.10. The number of hydrogen-bond donors (Lipinski definition) is 2. The SMILES string of the molecule is COCCC1(Oc2ccc(Oc3ccc(-c4cnc(-c5ccc(C#N)cc5)o4)cc3)cc2)C(=O)NC(=O)NC1=O. The maximum atomic E-state index is 12.6. The summed E-state index contributed by atoms with van der Waals surface area (Å²) in [7, 11) is 1.43. The van der Waals surface area contributed by atoms with Gasteiger partial charge in [-0.2, -0.15) is 5.26 Å². The van der Waals surface area contributed by atoms with Gasteiger partial charge in [0.05, 0.1) is 24.4 Å². The van der Waals surface area contributed by atoms with Gasteiger partial charge in [0.25, 0.3) is 17.4 Å². The van der Waals surface area contributed by atoms with Crippen molar-refractivity contribution in [2.24, 2.45) is 0 Å². The lowest BCUT2D eigenvalue weighted by Crippen LogP contribution is -2.69. The highest BCUT2D eigenvalue weighted by molar-refractivity contribution is 6.21. The Morgan fingerprint density at radius 2 is 1.43 bits per heavy atom. The van der Waals surface area contributed by atoms with Crippen LogP contribution in [0, 0.1) is 11.3 Å². The zero-order chi connectivity index (χ0) is 28.1. The Morgan fingerprint density at radius 3 is 2.02 bits per heavy atom. The Bertz CT molecular complexity index is 1570. The van der Waals surface area contributed by atoms with Crippen LogP contribution in [0.1, 0.15) is 12.0 Å². The Hall–Kier alpha value is -5.47. The fraction of sp³-hybridized carbons (Fsp3) is 0.138. The molecule has 1 aromatic heterocycles. The monoisotopic (exact) mass is 538 g/mol. The van der Waals surface area contributed by atoms with E-state index in [1.807, 2.05) is 12.1 Å². The Kier molecular flexibility index (Phi) is 7.26. The van der Waals surface area contributed by atoms with Crippen molar-refractivity contribution in [3.05, 3.63) is 84.6 Å². The Morgan fingerprint density at radius 1 is 0.850 bits per heavy atom. The second kappa shape index (κ2) is 11.1. The highest BCUT2D eigenvalue weighted by Gasteiger charge is 2.52. The van der Waals surface area contributed by atoms with Crippen molar-refractivity contribution in [1.29, 1.82) is 5.26 Å². The maximum absolute atomic E-state index is 12.6. The minimum Gasteiger partial charge on any atom is -0.467 e. The van der Waals surface area contributed by atoms with Crippen LogP contribution >= 0.6 is 0 Å². The zero-order valence-corrected chi connectivity index (χ0v) is 21.2. The molecule has 4 amide bonds. The van der Waals surface area contributed by atoms with Crippen LogP contribution in [0.25, 0.3) is 22.8 Å². The van der Waals surface area contributed by atoms with E-state index in [1.165, 1.54) is 7.11 Å². The van der Waals surface area contributed by atoms with E-state index >= 15 is 0 Å². The third kappa shape index (κ3) is 5.38. The van der Waals surface area contributed by atoms with Crippen LogP contribution in [0.5, 0.6) is 17.2 Å². The van der Waals surface area contributed by atoms with Crippen molar-refractivity contribution < 1.29 is 33.0 Å². The number of imide groups is 2. The van der Waals surface area contributed by atoms with Crippen LogP contribution in [-0.4, -0.2) is 42.1 Å². The molecular weight excluding hydrogens is 516 g/mol. The third-order valence-electron chi connectivity index (χ3n) is 6.10. The lowest BCUT2D eigenvalue weighted by molar-refractivity contribution is -0.153. The van der Waals surface area contributed by atoms with Gasteiger partial charge in [-0.3, -0.25) is 20.2 Å². The number of hydrogen-bond acceptors (Lipinski definition) is 9. The number of nitrogens with zero attached hydrogens (tertiary/aromatic N) is 2. The normalized spacial score (nSPS) is 14.2. The number of carbonyl (C=O) groups excluding carboxylic acids is 3. The highest BCUT2D eigenvalue weighted by atomic mass is 16.5. The highest BCUT2D eigenvalue weighted by Crippen LogP contribution is 2.31. The van der Waals surface area contributed by atoms with Crippen molar-refractivity contribution >= 4 is 17.8 Å². The number of barbiturate groups is 1. The van der Waals surface area contributed by atoms with E-state index in [9.17, 15) is 14.4 Å². The molecule has 5 rings (SSSR count). The number of amides is 4. The number of carbonyl (C=O) groups is 3. The molecule has 1 fully saturated rings. The van der Waals surface area contributed by atoms with Gasteiger partial charge in [0.2, 0.25) is 5.89 Å². The summed E-state index contributed by atoms with van der Waals surface area (Å²) in [6.45, 7) is 0.0526. The molecule has 0 radical (unpaired) electrons. The molecule has 3 aromatic carbocycles. The van der Waals surface area contributed by atoms with Crippen molar-refractivity contribution in [3.63, 3.8) is 0 Å². The van der Waals surface area contributed by atoms with E-state index < -0.39 is 23.4 Å². The average Bonchev–Trinajstić information content (AvgIpc) is 3.46. The molecule has 11 nitrogen and oxygen atoms in total. The molecule has 0 spiro atoms. The maximum Gasteiger partial charge on any atom is 0.328 e. The van der Waals surface area contributed by atoms with E-state index in [1.54, 1.807) is 66.9 Å². The minimum absolute atomic E-state index is 0.0526. The molecule has 2 N–H and O–H groups in total. The fourth-order valence-electron chi connectivity index (χ4n) is 3.99. The number of nitriles is 1. The fourth-order valence-corrected chi connectivity index (χ4v) is 3.99. The summed E-state index contributed by atoms with van der Waals surface area (Å²) in [6.07, 6.45) is 1.53. The van der Waals surface area contributed by atoms with Gasteiger partial charge in [-0.1, -0.05) is 0 Å². The summed E-state index contributed by atoms with van der Waals surface area (Å²) in [5, 5.41) is 13.1. The summed E-state index contributed by atoms with van der Waals surface area (Å²) < 4.78 is 22.6. The van der Waals surface area contributed by atoms with Crippen molar-refractivity contribution in [2.45, 2.75) is 12.0 Å². The van der Waals surface area contributed by atoms with Gasteiger partial charge in [-0.05, 0) is 72.8 Å². The molecule has 1 saturated heterocycles. The zero-order valence-electron chi connectivity index (χ0n) is 21.2. The van der Waals surface area contributed by atoms with Crippen LogP contribution in [0.3, 0.4) is 0 Å². The summed E-state index contributed by atoms with van der Waals surface area (Å²) in [5.74, 6) is 0.561. The van der Waals surface area contributed by atoms with Gasteiger partial charge in [0.15, 0.2) is 5.76 Å².